The number of allylic oxidation sites excluding steroid dienone is 1. The molecule has 0 heterocycles. The minimum atomic E-state index is -4.05. The molecule has 0 nitrogen and oxygen atoms in total. The second kappa shape index (κ2) is 6.19. The molecule has 3 heteroatoms. The van der Waals surface area contributed by atoms with Crippen LogP contribution in [0.3, 0.4) is 0 Å². The molecule has 90 valence electrons. The highest BCUT2D eigenvalue weighted by atomic mass is 19.4. The highest BCUT2D eigenvalue weighted by Crippen LogP contribution is 2.37. The molecule has 0 aromatic heterocycles. The van der Waals surface area contributed by atoms with E-state index >= 15 is 0 Å². The van der Waals surface area contributed by atoms with Crippen LogP contribution in [0.15, 0.2) is 12.2 Å². The summed E-state index contributed by atoms with van der Waals surface area (Å²) in [5, 5.41) is 0. The second-order valence-corrected chi connectivity index (χ2v) is 4.41. The molecule has 0 amide bonds. The molecule has 0 radical (unpaired) electrons. The van der Waals surface area contributed by atoms with E-state index in [0.29, 0.717) is 19.3 Å². The van der Waals surface area contributed by atoms with Crippen LogP contribution in [0, 0.1) is 11.8 Å². The molecule has 15 heavy (non-hydrogen) atoms. The summed E-state index contributed by atoms with van der Waals surface area (Å²) in [5.41, 5.74) is 0.958. The Morgan fingerprint density at radius 2 is 1.80 bits per heavy atom. The predicted octanol–water partition coefficient (Wildman–Crippen LogP) is 4.96. The zero-order chi connectivity index (χ0) is 12.1. The van der Waals surface area contributed by atoms with Crippen LogP contribution in [-0.4, -0.2) is 6.18 Å². The molecule has 0 N–H and O–H groups in total. The molecule has 0 aliphatic heterocycles. The maximum Gasteiger partial charge on any atom is 0.392 e. The molecule has 2 unspecified atom stereocenters. The van der Waals surface area contributed by atoms with E-state index in [4.69, 9.17) is 0 Å². The smallest absolute Gasteiger partial charge is 0.171 e. The molecule has 0 rings (SSSR count). The van der Waals surface area contributed by atoms with Crippen molar-refractivity contribution in [2.45, 2.75) is 52.6 Å². The summed E-state index contributed by atoms with van der Waals surface area (Å²) in [7, 11) is 0. The minimum absolute atomic E-state index is 0.237. The van der Waals surface area contributed by atoms with Crippen molar-refractivity contribution < 1.29 is 13.2 Å². The Hall–Kier alpha value is -0.470. The highest BCUT2D eigenvalue weighted by molar-refractivity contribution is 4.89. The summed E-state index contributed by atoms with van der Waals surface area (Å²) in [6.07, 6.45) is -1.95. The lowest BCUT2D eigenvalue weighted by Gasteiger charge is -2.26. The average Bonchev–Trinajstić information content (AvgIpc) is 2.08. The Kier molecular flexibility index (Phi) is 5.99. The van der Waals surface area contributed by atoms with Gasteiger partial charge in [0, 0.05) is 0 Å². The number of halogens is 3. The molecular weight excluding hydrogens is 201 g/mol. The predicted molar refractivity (Wildman–Crippen MR) is 57.7 cm³/mol. The molecule has 0 bridgehead atoms. The van der Waals surface area contributed by atoms with Crippen molar-refractivity contribution in [3.8, 4) is 0 Å². The van der Waals surface area contributed by atoms with Gasteiger partial charge >= 0.3 is 6.18 Å². The van der Waals surface area contributed by atoms with Gasteiger partial charge in [-0.15, -0.1) is 6.58 Å². The van der Waals surface area contributed by atoms with Crippen LogP contribution in [-0.2, 0) is 0 Å². The van der Waals surface area contributed by atoms with Crippen LogP contribution < -0.4 is 0 Å². The zero-order valence-corrected chi connectivity index (χ0v) is 9.82. The number of rotatable bonds is 6. The maximum atomic E-state index is 12.7. The Morgan fingerprint density at radius 1 is 1.27 bits per heavy atom. The quantitative estimate of drug-likeness (QED) is 0.557. The first kappa shape index (κ1) is 14.5. The number of hydrogen-bond acceptors (Lipinski definition) is 0. The first-order valence-electron chi connectivity index (χ1n) is 5.50. The van der Waals surface area contributed by atoms with E-state index in [1.807, 2.05) is 6.92 Å². The summed E-state index contributed by atoms with van der Waals surface area (Å²) in [6, 6.07) is 0. The van der Waals surface area contributed by atoms with E-state index in [1.54, 1.807) is 13.8 Å². The average molecular weight is 222 g/mol. The van der Waals surface area contributed by atoms with E-state index in [1.165, 1.54) is 0 Å². The van der Waals surface area contributed by atoms with E-state index in [-0.39, 0.29) is 12.3 Å². The van der Waals surface area contributed by atoms with Crippen LogP contribution in [0.1, 0.15) is 46.5 Å². The van der Waals surface area contributed by atoms with E-state index in [9.17, 15) is 13.2 Å². The van der Waals surface area contributed by atoms with Gasteiger partial charge in [0.15, 0.2) is 0 Å². The molecule has 0 aliphatic rings. The molecular formula is C12H21F3. The minimum Gasteiger partial charge on any atom is -0.171 e. The molecule has 0 spiro atoms. The van der Waals surface area contributed by atoms with Gasteiger partial charge in [-0.2, -0.15) is 13.2 Å². The van der Waals surface area contributed by atoms with E-state index < -0.39 is 12.1 Å². The van der Waals surface area contributed by atoms with Crippen molar-refractivity contribution in [3.63, 3.8) is 0 Å². The second-order valence-electron chi connectivity index (χ2n) is 4.41. The third-order valence-electron chi connectivity index (χ3n) is 2.73. The van der Waals surface area contributed by atoms with Crippen molar-refractivity contribution in [1.29, 1.82) is 0 Å². The van der Waals surface area contributed by atoms with Crippen molar-refractivity contribution in [2.24, 2.45) is 11.8 Å². The van der Waals surface area contributed by atoms with Crippen LogP contribution in [0.5, 0.6) is 0 Å². The normalized spacial score (nSPS) is 16.1. The third-order valence-corrected chi connectivity index (χ3v) is 2.73. The summed E-state index contributed by atoms with van der Waals surface area (Å²) in [4.78, 5) is 0. The van der Waals surface area contributed by atoms with Crippen LogP contribution in [0.2, 0.25) is 0 Å². The lowest BCUT2D eigenvalue weighted by molar-refractivity contribution is -0.189. The molecule has 0 aromatic carbocycles. The Labute approximate surface area is 90.6 Å². The fourth-order valence-corrected chi connectivity index (χ4v) is 1.76. The lowest BCUT2D eigenvalue weighted by atomic mass is 9.85. The maximum absolute atomic E-state index is 12.7. The Balaban J connectivity index is 4.29. The van der Waals surface area contributed by atoms with Crippen molar-refractivity contribution >= 4 is 0 Å². The van der Waals surface area contributed by atoms with E-state index in [2.05, 4.69) is 6.58 Å². The van der Waals surface area contributed by atoms with Crippen LogP contribution >= 0.6 is 0 Å². The standard InChI is InChI=1S/C12H21F3/c1-5-6-11(12(13,14)15)10(4)8-7-9(2)3/h10-11H,2,5-8H2,1,3-4H3. The van der Waals surface area contributed by atoms with Gasteiger partial charge < -0.3 is 0 Å². The summed E-state index contributed by atoms with van der Waals surface area (Å²) in [6.45, 7) is 9.06. The fourth-order valence-electron chi connectivity index (χ4n) is 1.76. The van der Waals surface area contributed by atoms with Crippen LogP contribution in [0.4, 0.5) is 13.2 Å². The highest BCUT2D eigenvalue weighted by Gasteiger charge is 2.41. The fraction of sp³-hybridized carbons (Fsp3) is 0.833. The first-order valence-corrected chi connectivity index (χ1v) is 5.50. The molecule has 0 saturated heterocycles. The Bertz CT molecular complexity index is 194. The van der Waals surface area contributed by atoms with Gasteiger partial charge in [-0.1, -0.05) is 25.8 Å². The largest absolute Gasteiger partial charge is 0.392 e. The molecule has 0 aliphatic carbocycles. The SMILES string of the molecule is C=C(C)CCC(C)C(CCC)C(F)(F)F. The molecule has 0 aromatic rings. The first-order chi connectivity index (χ1) is 6.79. The molecule has 0 saturated carbocycles. The summed E-state index contributed by atoms with van der Waals surface area (Å²) >= 11 is 0. The van der Waals surface area contributed by atoms with Gasteiger partial charge in [-0.25, -0.2) is 0 Å². The van der Waals surface area contributed by atoms with Crippen molar-refractivity contribution in [3.05, 3.63) is 12.2 Å². The number of hydrogen-bond donors (Lipinski definition) is 0. The summed E-state index contributed by atoms with van der Waals surface area (Å²) < 4.78 is 38.0. The van der Waals surface area contributed by atoms with Gasteiger partial charge in [0.25, 0.3) is 0 Å². The van der Waals surface area contributed by atoms with Crippen molar-refractivity contribution in [1.82, 2.24) is 0 Å². The molecule has 0 fully saturated rings. The molecule has 2 atom stereocenters. The Morgan fingerprint density at radius 3 is 2.13 bits per heavy atom. The number of alkyl halides is 3. The van der Waals surface area contributed by atoms with Crippen LogP contribution in [0.25, 0.3) is 0 Å². The monoisotopic (exact) mass is 222 g/mol. The topological polar surface area (TPSA) is 0 Å². The van der Waals surface area contributed by atoms with Gasteiger partial charge in [0.1, 0.15) is 0 Å². The van der Waals surface area contributed by atoms with Gasteiger partial charge in [-0.05, 0) is 32.1 Å². The summed E-state index contributed by atoms with van der Waals surface area (Å²) in [5.74, 6) is -1.46. The van der Waals surface area contributed by atoms with E-state index in [0.717, 1.165) is 5.57 Å². The zero-order valence-electron chi connectivity index (χ0n) is 9.82. The third kappa shape index (κ3) is 5.85. The lowest BCUT2D eigenvalue weighted by Crippen LogP contribution is -2.28. The van der Waals surface area contributed by atoms with Gasteiger partial charge in [-0.3, -0.25) is 0 Å². The van der Waals surface area contributed by atoms with Gasteiger partial charge in [0.2, 0.25) is 0 Å². The van der Waals surface area contributed by atoms with Crippen molar-refractivity contribution in [2.75, 3.05) is 0 Å². The van der Waals surface area contributed by atoms with Gasteiger partial charge in [0.05, 0.1) is 5.92 Å².